The highest BCUT2D eigenvalue weighted by Gasteiger charge is 2.36. The first kappa shape index (κ1) is 17.4. The second-order valence-corrected chi connectivity index (χ2v) is 7.08. The van der Waals surface area contributed by atoms with Crippen LogP contribution in [0.4, 0.5) is 4.79 Å². The lowest BCUT2D eigenvalue weighted by Crippen LogP contribution is -2.57. The first-order valence-electron chi connectivity index (χ1n) is 8.07. The van der Waals surface area contributed by atoms with Crippen molar-refractivity contribution in [2.75, 3.05) is 31.6 Å². The molecule has 1 aliphatic carbocycles. The molecule has 6 nitrogen and oxygen atoms in total. The maximum absolute atomic E-state index is 12.4. The number of hydrogen-bond acceptors (Lipinski definition) is 4. The van der Waals surface area contributed by atoms with E-state index in [9.17, 15) is 9.59 Å². The van der Waals surface area contributed by atoms with Gasteiger partial charge in [-0.05, 0) is 38.5 Å². The van der Waals surface area contributed by atoms with E-state index in [0.29, 0.717) is 6.04 Å². The van der Waals surface area contributed by atoms with Crippen LogP contribution in [-0.4, -0.2) is 76.7 Å². The third-order valence-electron chi connectivity index (χ3n) is 4.70. The van der Waals surface area contributed by atoms with Crippen LogP contribution in [0.25, 0.3) is 0 Å². The molecule has 0 aromatic carbocycles. The average molecular weight is 329 g/mol. The number of hydrogen-bond donors (Lipinski definition) is 2. The summed E-state index contributed by atoms with van der Waals surface area (Å²) in [6, 6.07) is 0.897. The predicted octanol–water partition coefficient (Wildman–Crippen LogP) is 1.46. The minimum Gasteiger partial charge on any atom is -0.480 e. The number of urea groups is 1. The molecule has 1 saturated heterocycles. The average Bonchev–Trinajstić information content (AvgIpc) is 2.88. The lowest BCUT2D eigenvalue weighted by molar-refractivity contribution is -0.139. The lowest BCUT2D eigenvalue weighted by Gasteiger charge is -2.43. The van der Waals surface area contributed by atoms with Crippen molar-refractivity contribution in [3.05, 3.63) is 0 Å². The maximum atomic E-state index is 12.4. The Hall–Kier alpha value is -0.950. The summed E-state index contributed by atoms with van der Waals surface area (Å²) >= 11 is 1.79. The number of aliphatic carboxylic acids is 1. The van der Waals surface area contributed by atoms with Gasteiger partial charge in [-0.25, -0.2) is 4.79 Å². The molecule has 2 amide bonds. The Kier molecular flexibility index (Phi) is 6.37. The number of likely N-dealkylation sites (tertiary alicyclic amines) is 1. The van der Waals surface area contributed by atoms with Gasteiger partial charge in [-0.2, -0.15) is 11.8 Å². The zero-order chi connectivity index (χ0) is 16.1. The van der Waals surface area contributed by atoms with E-state index in [4.69, 9.17) is 5.11 Å². The Labute approximate surface area is 136 Å². The zero-order valence-electron chi connectivity index (χ0n) is 13.5. The van der Waals surface area contributed by atoms with Crippen molar-refractivity contribution in [2.24, 2.45) is 0 Å². The Balaban J connectivity index is 1.74. The van der Waals surface area contributed by atoms with Crippen LogP contribution in [0.2, 0.25) is 0 Å². The summed E-state index contributed by atoms with van der Waals surface area (Å²) in [4.78, 5) is 27.1. The predicted molar refractivity (Wildman–Crippen MR) is 88.3 cm³/mol. The van der Waals surface area contributed by atoms with E-state index >= 15 is 0 Å². The van der Waals surface area contributed by atoms with Gasteiger partial charge >= 0.3 is 12.0 Å². The summed E-state index contributed by atoms with van der Waals surface area (Å²) in [7, 11) is 0. The fourth-order valence-electron chi connectivity index (χ4n) is 3.40. The van der Waals surface area contributed by atoms with Crippen molar-refractivity contribution in [3.63, 3.8) is 0 Å². The number of carbonyl (C=O) groups is 2. The summed E-state index contributed by atoms with van der Waals surface area (Å²) < 4.78 is 0. The van der Waals surface area contributed by atoms with Gasteiger partial charge in [0.25, 0.3) is 0 Å². The Morgan fingerprint density at radius 1 is 1.41 bits per heavy atom. The molecule has 126 valence electrons. The van der Waals surface area contributed by atoms with Gasteiger partial charge in [0, 0.05) is 30.4 Å². The van der Waals surface area contributed by atoms with Crippen molar-refractivity contribution in [1.29, 1.82) is 0 Å². The monoisotopic (exact) mass is 329 g/mol. The van der Waals surface area contributed by atoms with Crippen molar-refractivity contribution in [1.82, 2.24) is 15.1 Å². The highest BCUT2D eigenvalue weighted by Crippen LogP contribution is 2.27. The van der Waals surface area contributed by atoms with E-state index < -0.39 is 5.97 Å². The van der Waals surface area contributed by atoms with Crippen LogP contribution in [0.3, 0.4) is 0 Å². The van der Waals surface area contributed by atoms with Crippen LogP contribution in [0.1, 0.15) is 32.6 Å². The van der Waals surface area contributed by atoms with Crippen molar-refractivity contribution < 1.29 is 14.7 Å². The molecule has 0 bridgehead atoms. The molecule has 1 saturated carbocycles. The Morgan fingerprint density at radius 2 is 2.14 bits per heavy atom. The van der Waals surface area contributed by atoms with Crippen LogP contribution in [0.15, 0.2) is 0 Å². The zero-order valence-corrected chi connectivity index (χ0v) is 14.3. The number of carboxylic acids is 1. The molecule has 1 unspecified atom stereocenters. The molecule has 0 aromatic heterocycles. The summed E-state index contributed by atoms with van der Waals surface area (Å²) in [6.07, 6.45) is 5.98. The number of nitrogens with one attached hydrogen (secondary N) is 1. The van der Waals surface area contributed by atoms with Crippen LogP contribution in [0.5, 0.6) is 0 Å². The van der Waals surface area contributed by atoms with Gasteiger partial charge in [0.15, 0.2) is 0 Å². The minimum atomic E-state index is -0.786. The van der Waals surface area contributed by atoms with Gasteiger partial charge in [0.1, 0.15) is 0 Å². The fourth-order valence-corrected chi connectivity index (χ4v) is 4.13. The Bertz CT molecular complexity index is 401. The molecule has 1 atom stereocenters. The number of nitrogens with zero attached hydrogens (tertiary/aromatic N) is 2. The molecule has 7 heteroatoms. The van der Waals surface area contributed by atoms with Gasteiger partial charge in [0.2, 0.25) is 0 Å². The highest BCUT2D eigenvalue weighted by molar-refractivity contribution is 7.98. The second-order valence-electron chi connectivity index (χ2n) is 6.17. The fraction of sp³-hybridized carbons (Fsp3) is 0.867. The molecule has 2 aliphatic rings. The number of amides is 2. The molecule has 2 rings (SSSR count). The quantitative estimate of drug-likeness (QED) is 0.740. The number of thioether (sulfide) groups is 1. The molecular formula is C15H27N3O3S. The summed E-state index contributed by atoms with van der Waals surface area (Å²) in [5, 5.41) is 12.0. The number of rotatable bonds is 7. The maximum Gasteiger partial charge on any atom is 0.317 e. The third kappa shape index (κ3) is 4.29. The Morgan fingerprint density at radius 3 is 2.73 bits per heavy atom. The van der Waals surface area contributed by atoms with Gasteiger partial charge in [0.05, 0.1) is 6.54 Å². The van der Waals surface area contributed by atoms with Crippen LogP contribution in [-0.2, 0) is 4.79 Å². The van der Waals surface area contributed by atoms with Gasteiger partial charge in [-0.15, -0.1) is 0 Å². The van der Waals surface area contributed by atoms with Crippen molar-refractivity contribution in [3.8, 4) is 0 Å². The van der Waals surface area contributed by atoms with Gasteiger partial charge in [-0.1, -0.05) is 6.92 Å². The van der Waals surface area contributed by atoms with Crippen LogP contribution >= 0.6 is 11.8 Å². The minimum absolute atomic E-state index is 0.0567. The first-order chi connectivity index (χ1) is 10.5. The summed E-state index contributed by atoms with van der Waals surface area (Å²) in [5.74, 6) is 0.217. The topological polar surface area (TPSA) is 72.9 Å². The van der Waals surface area contributed by atoms with E-state index in [2.05, 4.69) is 11.6 Å². The molecule has 2 fully saturated rings. The van der Waals surface area contributed by atoms with Crippen LogP contribution < -0.4 is 5.32 Å². The third-order valence-corrected chi connectivity index (χ3v) is 5.42. The van der Waals surface area contributed by atoms with E-state index in [-0.39, 0.29) is 24.7 Å². The molecule has 1 aliphatic heterocycles. The molecule has 0 spiro atoms. The largest absolute Gasteiger partial charge is 0.480 e. The van der Waals surface area contributed by atoms with E-state index in [1.54, 1.807) is 11.8 Å². The van der Waals surface area contributed by atoms with Gasteiger partial charge < -0.3 is 15.3 Å². The molecule has 1 heterocycles. The number of carboxylic acid groups (broad SMARTS) is 1. The highest BCUT2D eigenvalue weighted by atomic mass is 32.2. The summed E-state index contributed by atoms with van der Waals surface area (Å²) in [6.45, 7) is 3.66. The van der Waals surface area contributed by atoms with E-state index in [1.807, 2.05) is 16.7 Å². The number of carbonyl (C=O) groups excluding carboxylic acids is 1. The molecule has 22 heavy (non-hydrogen) atoms. The molecule has 0 radical (unpaired) electrons. The molecule has 2 N–H and O–H groups in total. The normalized spacial score (nSPS) is 27.8. The lowest BCUT2D eigenvalue weighted by atomic mass is 9.85. The number of likely N-dealkylation sites (N-methyl/N-ethyl adjacent to an activating group) is 1. The summed E-state index contributed by atoms with van der Waals surface area (Å²) in [5.41, 5.74) is 0. The van der Waals surface area contributed by atoms with Crippen molar-refractivity contribution >= 4 is 23.8 Å². The van der Waals surface area contributed by atoms with Crippen molar-refractivity contribution in [2.45, 2.75) is 50.7 Å². The first-order valence-corrected chi connectivity index (χ1v) is 9.46. The van der Waals surface area contributed by atoms with E-state index in [1.165, 1.54) is 0 Å². The van der Waals surface area contributed by atoms with E-state index in [0.717, 1.165) is 44.5 Å². The standard InChI is InChI=1S/C15H27N3O3S/c1-3-17(9-14(19)20)13-7-11(8-13)16-15(21)18-6-4-5-12(18)10-22-2/h11-13H,3-10H2,1-2H3,(H,16,21)(H,19,20). The SMILES string of the molecule is CCN(CC(=O)O)C1CC(NC(=O)N2CCCC2CSC)C1. The van der Waals surface area contributed by atoms with Gasteiger partial charge in [-0.3, -0.25) is 9.69 Å². The second kappa shape index (κ2) is 8.06. The smallest absolute Gasteiger partial charge is 0.317 e. The molecular weight excluding hydrogens is 302 g/mol. The van der Waals surface area contributed by atoms with Crippen LogP contribution in [0, 0.1) is 0 Å². The molecule has 0 aromatic rings.